The van der Waals surface area contributed by atoms with Crippen LogP contribution in [0, 0.1) is 0 Å². The van der Waals surface area contributed by atoms with E-state index in [0.29, 0.717) is 26.7 Å². The molecule has 2 aromatic carbocycles. The van der Waals surface area contributed by atoms with Crippen molar-refractivity contribution in [3.63, 3.8) is 0 Å². The maximum absolute atomic E-state index is 13.0. The van der Waals surface area contributed by atoms with Gasteiger partial charge < -0.3 is 10.7 Å². The fraction of sp³-hybridized carbons (Fsp3) is 0.130. The Labute approximate surface area is 208 Å². The summed E-state index contributed by atoms with van der Waals surface area (Å²) < 4.78 is 26.1. The molecule has 2 aromatic heterocycles. The average molecular weight is 531 g/mol. The number of thiophene rings is 1. The van der Waals surface area contributed by atoms with Crippen molar-refractivity contribution in [2.45, 2.75) is 10.6 Å². The van der Waals surface area contributed by atoms with Crippen molar-refractivity contribution in [3.8, 4) is 5.69 Å². The van der Waals surface area contributed by atoms with Gasteiger partial charge in [0.1, 0.15) is 15.8 Å². The second-order valence-electron chi connectivity index (χ2n) is 7.64. The molecule has 4 rings (SSSR count). The lowest BCUT2D eigenvalue weighted by molar-refractivity contribution is -0.116. The molecular weight excluding hydrogens is 512 g/mol. The summed E-state index contributed by atoms with van der Waals surface area (Å²) in [6.07, 6.45) is -0.120. The van der Waals surface area contributed by atoms with Crippen LogP contribution in [0.4, 0.5) is 0 Å². The van der Waals surface area contributed by atoms with Crippen LogP contribution in [0.5, 0.6) is 0 Å². The van der Waals surface area contributed by atoms with E-state index in [9.17, 15) is 22.8 Å². The van der Waals surface area contributed by atoms with E-state index in [1.54, 1.807) is 30.3 Å². The standard InChI is InChI=1S/C23H19ClN4O5S2/c1-26-21(25)14-4-7-17-18(11-14)27-23(31)28(22(17)30)15-5-2-13(3-6-15)10-16(29)12-35(32,33)20-9-8-19(24)34-20/h2-9,11H,10,12H2,1H3,(H2,25,26)(H,27,31). The van der Waals surface area contributed by atoms with Gasteiger partial charge in [-0.1, -0.05) is 29.8 Å². The maximum atomic E-state index is 13.0. The quantitative estimate of drug-likeness (QED) is 0.277. The number of ketones is 1. The van der Waals surface area contributed by atoms with Gasteiger partial charge in [-0.25, -0.2) is 17.8 Å². The number of benzene rings is 2. The molecular formula is C23H19ClN4O5S2. The number of nitrogens with zero attached hydrogens (tertiary/aromatic N) is 2. The summed E-state index contributed by atoms with van der Waals surface area (Å²) >= 11 is 6.69. The van der Waals surface area contributed by atoms with Gasteiger partial charge >= 0.3 is 5.69 Å². The first-order chi connectivity index (χ1) is 16.6. The van der Waals surface area contributed by atoms with Crippen molar-refractivity contribution in [1.29, 1.82) is 0 Å². The fourth-order valence-electron chi connectivity index (χ4n) is 3.53. The molecule has 0 amide bonds. The van der Waals surface area contributed by atoms with E-state index in [1.165, 1.54) is 31.3 Å². The van der Waals surface area contributed by atoms with Crippen LogP contribution >= 0.6 is 22.9 Å². The highest BCUT2D eigenvalue weighted by atomic mass is 35.5. The number of rotatable bonds is 7. The highest BCUT2D eigenvalue weighted by Gasteiger charge is 2.21. The SMILES string of the molecule is CN=C(N)c1ccc2c(=O)n(-c3ccc(CC(=O)CS(=O)(=O)c4ccc(Cl)s4)cc3)c(=O)[nH]c2c1. The van der Waals surface area contributed by atoms with E-state index in [0.717, 1.165) is 15.9 Å². The minimum absolute atomic E-state index is 0.0397. The number of hydrogen-bond donors (Lipinski definition) is 2. The van der Waals surface area contributed by atoms with E-state index < -0.39 is 32.6 Å². The van der Waals surface area contributed by atoms with Gasteiger partial charge in [-0.2, -0.15) is 0 Å². The van der Waals surface area contributed by atoms with Crippen LogP contribution in [0.25, 0.3) is 16.6 Å². The summed E-state index contributed by atoms with van der Waals surface area (Å²) in [5.74, 6) is -0.868. The Hall–Kier alpha value is -3.54. The number of carbonyl (C=O) groups excluding carboxylic acids is 1. The number of carbonyl (C=O) groups is 1. The van der Waals surface area contributed by atoms with Gasteiger partial charge in [-0.15, -0.1) is 11.3 Å². The molecule has 0 bridgehead atoms. The van der Waals surface area contributed by atoms with E-state index in [-0.39, 0.29) is 21.9 Å². The molecule has 3 N–H and O–H groups in total. The van der Waals surface area contributed by atoms with Crippen molar-refractivity contribution in [3.05, 3.63) is 90.9 Å². The van der Waals surface area contributed by atoms with Gasteiger partial charge in [-0.3, -0.25) is 14.6 Å². The fourth-order valence-corrected chi connectivity index (χ4v) is 6.34. The van der Waals surface area contributed by atoms with Crippen molar-refractivity contribution in [2.24, 2.45) is 10.7 Å². The van der Waals surface area contributed by atoms with Gasteiger partial charge in [0.25, 0.3) is 5.56 Å². The van der Waals surface area contributed by atoms with E-state index in [1.807, 2.05) is 0 Å². The van der Waals surface area contributed by atoms with E-state index in [4.69, 9.17) is 17.3 Å². The zero-order chi connectivity index (χ0) is 25.3. The summed E-state index contributed by atoms with van der Waals surface area (Å²) in [4.78, 5) is 44.6. The molecule has 0 radical (unpaired) electrons. The molecule has 0 fully saturated rings. The predicted molar refractivity (Wildman–Crippen MR) is 137 cm³/mol. The number of aliphatic imine (C=N–C) groups is 1. The largest absolute Gasteiger partial charge is 0.384 e. The molecule has 12 heteroatoms. The second kappa shape index (κ2) is 9.61. The van der Waals surface area contributed by atoms with Gasteiger partial charge in [0.05, 0.1) is 20.9 Å². The van der Waals surface area contributed by atoms with Crippen LogP contribution in [0.15, 0.2) is 73.4 Å². The highest BCUT2D eigenvalue weighted by molar-refractivity contribution is 7.94. The lowest BCUT2D eigenvalue weighted by Gasteiger charge is -2.09. The minimum atomic E-state index is -3.77. The predicted octanol–water partition coefficient (Wildman–Crippen LogP) is 2.31. The molecule has 2 heterocycles. The third-order valence-electron chi connectivity index (χ3n) is 5.24. The van der Waals surface area contributed by atoms with Crippen LogP contribution in [0.3, 0.4) is 0 Å². The zero-order valence-corrected chi connectivity index (χ0v) is 20.7. The number of hydrogen-bond acceptors (Lipinski definition) is 7. The molecule has 0 spiro atoms. The van der Waals surface area contributed by atoms with Crippen LogP contribution in [-0.2, 0) is 21.1 Å². The summed E-state index contributed by atoms with van der Waals surface area (Å²) in [5.41, 5.74) is 6.39. The molecule has 0 atom stereocenters. The normalized spacial score (nSPS) is 12.2. The van der Waals surface area contributed by atoms with Crippen molar-refractivity contribution in [2.75, 3.05) is 12.8 Å². The first kappa shape index (κ1) is 24.6. The van der Waals surface area contributed by atoms with Gasteiger partial charge in [0.2, 0.25) is 0 Å². The summed E-state index contributed by atoms with van der Waals surface area (Å²) in [7, 11) is -2.24. The zero-order valence-electron chi connectivity index (χ0n) is 18.3. The number of halogens is 1. The number of aromatic nitrogens is 2. The molecule has 9 nitrogen and oxygen atoms in total. The molecule has 180 valence electrons. The number of nitrogens with two attached hydrogens (primary N) is 1. The van der Waals surface area contributed by atoms with Gasteiger partial charge in [0, 0.05) is 19.0 Å². The van der Waals surface area contributed by atoms with Gasteiger partial charge in [0.15, 0.2) is 15.6 Å². The summed E-state index contributed by atoms with van der Waals surface area (Å²) in [6.45, 7) is 0. The Morgan fingerprint density at radius 2 is 1.83 bits per heavy atom. The number of Topliss-reactive ketones (excluding diaryl/α,β-unsaturated/α-hetero) is 1. The molecule has 0 unspecified atom stereocenters. The summed E-state index contributed by atoms with van der Waals surface area (Å²) in [6, 6.07) is 13.8. The van der Waals surface area contributed by atoms with Crippen LogP contribution in [0.2, 0.25) is 4.34 Å². The number of sulfone groups is 1. The van der Waals surface area contributed by atoms with Crippen LogP contribution in [0.1, 0.15) is 11.1 Å². The van der Waals surface area contributed by atoms with Crippen molar-refractivity contribution >= 4 is 55.3 Å². The Bertz CT molecular complexity index is 1700. The molecule has 0 saturated heterocycles. The van der Waals surface area contributed by atoms with Crippen LogP contribution in [-0.4, -0.2) is 42.4 Å². The molecule has 0 aliphatic carbocycles. The first-order valence-electron chi connectivity index (χ1n) is 10.2. The number of fused-ring (bicyclic) bond motifs is 1. The smallest absolute Gasteiger partial charge is 0.333 e. The summed E-state index contributed by atoms with van der Waals surface area (Å²) in [5, 5.41) is 0.287. The van der Waals surface area contributed by atoms with Crippen molar-refractivity contribution in [1.82, 2.24) is 9.55 Å². The first-order valence-corrected chi connectivity index (χ1v) is 13.0. The van der Waals surface area contributed by atoms with Crippen LogP contribution < -0.4 is 17.0 Å². The number of nitrogens with one attached hydrogen (secondary N) is 1. The number of H-pyrrole nitrogens is 1. The Morgan fingerprint density at radius 3 is 2.46 bits per heavy atom. The third-order valence-corrected chi connectivity index (χ3v) is 8.73. The van der Waals surface area contributed by atoms with E-state index in [2.05, 4.69) is 9.98 Å². The monoisotopic (exact) mass is 530 g/mol. The molecule has 0 saturated carbocycles. The topological polar surface area (TPSA) is 144 Å². The number of amidine groups is 1. The minimum Gasteiger partial charge on any atom is -0.384 e. The Morgan fingerprint density at radius 1 is 1.11 bits per heavy atom. The Kier molecular flexibility index (Phi) is 6.75. The third kappa shape index (κ3) is 5.11. The maximum Gasteiger partial charge on any atom is 0.333 e. The van der Waals surface area contributed by atoms with E-state index >= 15 is 0 Å². The molecule has 0 aliphatic rings. The lowest BCUT2D eigenvalue weighted by Crippen LogP contribution is -2.33. The van der Waals surface area contributed by atoms with Crippen molar-refractivity contribution < 1.29 is 13.2 Å². The molecule has 0 aliphatic heterocycles. The number of aromatic amines is 1. The van der Waals surface area contributed by atoms with Gasteiger partial charge in [-0.05, 0) is 42.0 Å². The molecule has 4 aromatic rings. The lowest BCUT2D eigenvalue weighted by atomic mass is 10.1. The second-order valence-corrected chi connectivity index (χ2v) is 11.6. The average Bonchev–Trinajstić information content (AvgIpc) is 3.26. The highest BCUT2D eigenvalue weighted by Crippen LogP contribution is 2.26. The molecule has 35 heavy (non-hydrogen) atoms. The Balaban J connectivity index is 1.57.